The van der Waals surface area contributed by atoms with Crippen molar-refractivity contribution in [2.45, 2.75) is 25.4 Å². The molecule has 0 amide bonds. The summed E-state index contributed by atoms with van der Waals surface area (Å²) in [6.45, 7) is 4.43. The van der Waals surface area contributed by atoms with E-state index in [1.54, 1.807) is 6.92 Å². The van der Waals surface area contributed by atoms with E-state index < -0.39 is 17.6 Å². The highest BCUT2D eigenvalue weighted by molar-refractivity contribution is 5.84. The average Bonchev–Trinajstić information content (AvgIpc) is 3.01. The summed E-state index contributed by atoms with van der Waals surface area (Å²) in [5.74, 6) is -0.811. The molecule has 0 heterocycles. The minimum atomic E-state index is -0.811. The number of carboxylic acids is 1. The van der Waals surface area contributed by atoms with Gasteiger partial charge in [0.1, 0.15) is 6.04 Å². The number of aliphatic carboxylic acids is 1. The Morgan fingerprint density at radius 3 is 1.85 bits per heavy atom. The van der Waals surface area contributed by atoms with Crippen LogP contribution < -0.4 is 0 Å². The van der Waals surface area contributed by atoms with Crippen molar-refractivity contribution in [3.05, 3.63) is 95.6 Å². The third kappa shape index (κ3) is 2.42. The fraction of sp³-hybridized carbons (Fsp3) is 0.208. The zero-order chi connectivity index (χ0) is 19.0. The van der Waals surface area contributed by atoms with Crippen molar-refractivity contribution in [2.24, 2.45) is 0 Å². The first-order chi connectivity index (χ1) is 13.1. The van der Waals surface area contributed by atoms with Gasteiger partial charge in [-0.1, -0.05) is 85.8 Å². The Bertz CT molecular complexity index is 935. The molecule has 0 aromatic heterocycles. The summed E-state index contributed by atoms with van der Waals surface area (Å²) >= 11 is 0. The molecule has 0 unspecified atom stereocenters. The van der Waals surface area contributed by atoms with Crippen LogP contribution in [0.1, 0.15) is 30.5 Å². The van der Waals surface area contributed by atoms with Crippen LogP contribution in [0.15, 0.2) is 78.9 Å². The highest BCUT2D eigenvalue weighted by atomic mass is 16.4. The van der Waals surface area contributed by atoms with Crippen LogP contribution in [0.3, 0.4) is 0 Å². The van der Waals surface area contributed by atoms with Crippen LogP contribution in [-0.2, 0) is 10.3 Å². The van der Waals surface area contributed by atoms with E-state index in [4.69, 9.17) is 0 Å². The summed E-state index contributed by atoms with van der Waals surface area (Å²) in [7, 11) is 0. The largest absolute Gasteiger partial charge is 0.480 e. The van der Waals surface area contributed by atoms with Gasteiger partial charge < -0.3 is 5.11 Å². The summed E-state index contributed by atoms with van der Waals surface area (Å²) < 4.78 is 0. The van der Waals surface area contributed by atoms with Gasteiger partial charge in [-0.3, -0.25) is 9.69 Å². The molecule has 0 saturated heterocycles. The summed E-state index contributed by atoms with van der Waals surface area (Å²) in [5, 5.41) is 9.86. The first kappa shape index (κ1) is 17.5. The predicted molar refractivity (Wildman–Crippen MR) is 108 cm³/mol. The highest BCUT2D eigenvalue weighted by Crippen LogP contribution is 2.54. The lowest BCUT2D eigenvalue weighted by atomic mass is 9.78. The molecule has 1 atom stereocenters. The van der Waals surface area contributed by atoms with Gasteiger partial charge in [-0.05, 0) is 41.3 Å². The van der Waals surface area contributed by atoms with Crippen molar-refractivity contribution >= 4 is 5.97 Å². The monoisotopic (exact) mass is 357 g/mol. The van der Waals surface area contributed by atoms with E-state index >= 15 is 0 Å². The van der Waals surface area contributed by atoms with Gasteiger partial charge in [0.05, 0.1) is 5.54 Å². The quantitative estimate of drug-likeness (QED) is 0.716. The molecule has 1 aliphatic carbocycles. The summed E-state index contributed by atoms with van der Waals surface area (Å²) in [4.78, 5) is 14.1. The van der Waals surface area contributed by atoms with Gasteiger partial charge in [-0.15, -0.1) is 0 Å². The van der Waals surface area contributed by atoms with Crippen LogP contribution in [-0.4, -0.2) is 28.6 Å². The maximum atomic E-state index is 12.0. The van der Waals surface area contributed by atoms with Crippen molar-refractivity contribution in [1.29, 1.82) is 0 Å². The number of carbonyl (C=O) groups is 1. The third-order valence-corrected chi connectivity index (χ3v) is 5.71. The lowest BCUT2D eigenvalue weighted by molar-refractivity contribution is -0.144. The van der Waals surface area contributed by atoms with Crippen LogP contribution in [0.5, 0.6) is 0 Å². The number of carboxylic acid groups (broad SMARTS) is 1. The minimum Gasteiger partial charge on any atom is -0.480 e. The molecule has 0 saturated carbocycles. The van der Waals surface area contributed by atoms with Crippen molar-refractivity contribution in [1.82, 2.24) is 4.90 Å². The SMILES string of the molecule is CCN([C@@H](C)C(=O)O)C1(c2ccccc2)c2ccccc2-c2ccccc21. The van der Waals surface area contributed by atoms with Gasteiger partial charge in [-0.25, -0.2) is 0 Å². The molecule has 1 aliphatic rings. The van der Waals surface area contributed by atoms with Crippen LogP contribution in [0.4, 0.5) is 0 Å². The second kappa shape index (κ2) is 6.67. The van der Waals surface area contributed by atoms with Crippen LogP contribution in [0.25, 0.3) is 11.1 Å². The van der Waals surface area contributed by atoms with E-state index in [-0.39, 0.29) is 0 Å². The van der Waals surface area contributed by atoms with Gasteiger partial charge in [0.25, 0.3) is 0 Å². The van der Waals surface area contributed by atoms with Gasteiger partial charge >= 0.3 is 5.97 Å². The Balaban J connectivity index is 2.13. The van der Waals surface area contributed by atoms with Crippen molar-refractivity contribution in [3.8, 4) is 11.1 Å². The van der Waals surface area contributed by atoms with Crippen molar-refractivity contribution in [3.63, 3.8) is 0 Å². The number of nitrogens with zero attached hydrogens (tertiary/aromatic N) is 1. The van der Waals surface area contributed by atoms with Gasteiger partial charge in [-0.2, -0.15) is 0 Å². The van der Waals surface area contributed by atoms with Gasteiger partial charge in [0.15, 0.2) is 0 Å². The number of fused-ring (bicyclic) bond motifs is 3. The molecule has 3 heteroatoms. The first-order valence-corrected chi connectivity index (χ1v) is 9.36. The molecule has 0 radical (unpaired) electrons. The number of hydrogen-bond acceptors (Lipinski definition) is 2. The second-order valence-electron chi connectivity index (χ2n) is 6.97. The molecular formula is C24H23NO2. The van der Waals surface area contributed by atoms with Gasteiger partial charge in [0.2, 0.25) is 0 Å². The topological polar surface area (TPSA) is 40.5 Å². The van der Waals surface area contributed by atoms with E-state index in [1.165, 1.54) is 11.1 Å². The Kier molecular flexibility index (Phi) is 4.33. The molecule has 3 nitrogen and oxygen atoms in total. The second-order valence-corrected chi connectivity index (χ2v) is 6.97. The molecule has 0 bridgehead atoms. The smallest absolute Gasteiger partial charge is 0.320 e. The normalized spacial score (nSPS) is 15.2. The lowest BCUT2D eigenvalue weighted by Gasteiger charge is -2.45. The van der Waals surface area contributed by atoms with Crippen LogP contribution in [0.2, 0.25) is 0 Å². The zero-order valence-electron chi connectivity index (χ0n) is 15.6. The maximum Gasteiger partial charge on any atom is 0.320 e. The fourth-order valence-electron chi connectivity index (χ4n) is 4.61. The molecular weight excluding hydrogens is 334 g/mol. The van der Waals surface area contributed by atoms with Crippen LogP contribution >= 0.6 is 0 Å². The molecule has 27 heavy (non-hydrogen) atoms. The Morgan fingerprint density at radius 2 is 1.37 bits per heavy atom. The Morgan fingerprint density at radius 1 is 0.889 bits per heavy atom. The van der Waals surface area contributed by atoms with Crippen LogP contribution in [0, 0.1) is 0 Å². The lowest BCUT2D eigenvalue weighted by Crippen LogP contribution is -2.53. The molecule has 1 N–H and O–H groups in total. The predicted octanol–water partition coefficient (Wildman–Crippen LogP) is 4.75. The van der Waals surface area contributed by atoms with E-state index in [1.807, 2.05) is 49.4 Å². The van der Waals surface area contributed by atoms with Gasteiger partial charge in [0, 0.05) is 0 Å². The number of rotatable bonds is 5. The maximum absolute atomic E-state index is 12.0. The zero-order valence-corrected chi connectivity index (χ0v) is 15.6. The van der Waals surface area contributed by atoms with E-state index in [0.29, 0.717) is 6.54 Å². The third-order valence-electron chi connectivity index (χ3n) is 5.71. The Labute approximate surface area is 159 Å². The molecule has 3 aromatic carbocycles. The number of benzene rings is 3. The average molecular weight is 357 g/mol. The number of likely N-dealkylation sites (N-methyl/N-ethyl adjacent to an activating group) is 1. The van der Waals surface area contributed by atoms with E-state index in [2.05, 4.69) is 41.3 Å². The summed E-state index contributed by atoms with van der Waals surface area (Å²) in [6.07, 6.45) is 0. The van der Waals surface area contributed by atoms with Crippen molar-refractivity contribution < 1.29 is 9.90 Å². The minimum absolute atomic E-state index is 0.616. The summed E-state index contributed by atoms with van der Waals surface area (Å²) in [5.41, 5.74) is 5.11. The molecule has 3 aromatic rings. The standard InChI is InChI=1S/C24H23NO2/c1-3-25(17(2)23(26)27)24(18-11-5-4-6-12-18)21-15-9-7-13-19(21)20-14-8-10-16-22(20)24/h4-17H,3H2,1-2H3,(H,26,27)/t17-/m0/s1. The van der Waals surface area contributed by atoms with Crippen molar-refractivity contribution in [2.75, 3.05) is 6.54 Å². The molecule has 0 spiro atoms. The summed E-state index contributed by atoms with van der Waals surface area (Å²) in [6, 6.07) is 26.4. The molecule has 136 valence electrons. The Hall–Kier alpha value is -2.91. The molecule has 0 aliphatic heterocycles. The highest BCUT2D eigenvalue weighted by Gasteiger charge is 2.50. The molecule has 0 fully saturated rings. The van der Waals surface area contributed by atoms with E-state index in [0.717, 1.165) is 16.7 Å². The first-order valence-electron chi connectivity index (χ1n) is 9.36. The molecule has 4 rings (SSSR count). The fourth-order valence-corrected chi connectivity index (χ4v) is 4.61. The van der Waals surface area contributed by atoms with E-state index in [9.17, 15) is 9.90 Å². The number of hydrogen-bond donors (Lipinski definition) is 1.